The molecule has 1 atom stereocenters. The topological polar surface area (TPSA) is 38.0 Å². The molecule has 0 unspecified atom stereocenters. The zero-order valence-corrected chi connectivity index (χ0v) is 7.43. The molecule has 2 rings (SSSR count). The molecule has 64 valence electrons. The van der Waals surface area contributed by atoms with Gasteiger partial charge in [-0.2, -0.15) is 0 Å². The van der Waals surface area contributed by atoms with Crippen LogP contribution in [0.1, 0.15) is 18.0 Å². The number of nitrogen functional groups attached to an aromatic ring is 1. The van der Waals surface area contributed by atoms with Crippen molar-refractivity contribution in [2.24, 2.45) is 0 Å². The summed E-state index contributed by atoms with van der Waals surface area (Å²) in [5, 5.41) is 4.00. The molecule has 0 saturated carbocycles. The molecule has 0 aliphatic carbocycles. The Balaban J connectivity index is 2.31. The van der Waals surface area contributed by atoms with Crippen molar-refractivity contribution in [1.29, 1.82) is 0 Å². The Morgan fingerprint density at radius 3 is 2.75 bits per heavy atom. The van der Waals surface area contributed by atoms with Crippen LogP contribution in [0.3, 0.4) is 0 Å². The predicted octanol–water partition coefficient (Wildman–Crippen LogP) is 1.96. The summed E-state index contributed by atoms with van der Waals surface area (Å²) in [7, 11) is 0. The molecule has 1 aliphatic heterocycles. The largest absolute Gasteiger partial charge is 0.398 e. The van der Waals surface area contributed by atoms with Crippen LogP contribution < -0.4 is 11.1 Å². The molecule has 3 N–H and O–H groups in total. The lowest BCUT2D eigenvalue weighted by atomic mass is 9.97. The number of halogens is 1. The third-order valence-corrected chi connectivity index (χ3v) is 2.48. The summed E-state index contributed by atoms with van der Waals surface area (Å²) in [6.07, 6.45) is 1.17. The maximum absolute atomic E-state index is 5.81. The van der Waals surface area contributed by atoms with Crippen molar-refractivity contribution in [3.05, 3.63) is 28.8 Å². The van der Waals surface area contributed by atoms with Gasteiger partial charge in [0.2, 0.25) is 0 Å². The molecule has 0 bridgehead atoms. The van der Waals surface area contributed by atoms with Crippen molar-refractivity contribution in [2.45, 2.75) is 12.5 Å². The number of hydrogen-bond donors (Lipinski definition) is 2. The summed E-state index contributed by atoms with van der Waals surface area (Å²) < 4.78 is 0. The number of rotatable bonds is 1. The van der Waals surface area contributed by atoms with Gasteiger partial charge in [-0.15, -0.1) is 0 Å². The highest BCUT2D eigenvalue weighted by molar-refractivity contribution is 6.30. The van der Waals surface area contributed by atoms with Crippen LogP contribution in [-0.2, 0) is 0 Å². The Labute approximate surface area is 76.7 Å². The number of nitrogens with two attached hydrogens (primary N) is 1. The lowest BCUT2D eigenvalue weighted by Crippen LogP contribution is -2.35. The Morgan fingerprint density at radius 2 is 2.25 bits per heavy atom. The molecule has 0 radical (unpaired) electrons. The SMILES string of the molecule is Nc1cc(Cl)ccc1[C@@H]1CCN1. The van der Waals surface area contributed by atoms with Crippen molar-refractivity contribution in [3.63, 3.8) is 0 Å². The lowest BCUT2D eigenvalue weighted by molar-refractivity contribution is 0.384. The zero-order valence-electron chi connectivity index (χ0n) is 6.68. The summed E-state index contributed by atoms with van der Waals surface area (Å²) in [6, 6.07) is 6.13. The van der Waals surface area contributed by atoms with Gasteiger partial charge in [0, 0.05) is 16.8 Å². The van der Waals surface area contributed by atoms with E-state index in [-0.39, 0.29) is 0 Å². The number of benzene rings is 1. The van der Waals surface area contributed by atoms with Gasteiger partial charge in [-0.25, -0.2) is 0 Å². The second-order valence-corrected chi connectivity index (χ2v) is 3.51. The van der Waals surface area contributed by atoms with E-state index in [0.717, 1.165) is 12.2 Å². The monoisotopic (exact) mass is 182 g/mol. The predicted molar refractivity (Wildman–Crippen MR) is 51.2 cm³/mol. The Hall–Kier alpha value is -0.730. The molecule has 1 saturated heterocycles. The van der Waals surface area contributed by atoms with Gasteiger partial charge in [-0.1, -0.05) is 17.7 Å². The first kappa shape index (κ1) is 7.90. The fourth-order valence-electron chi connectivity index (χ4n) is 1.42. The highest BCUT2D eigenvalue weighted by atomic mass is 35.5. The van der Waals surface area contributed by atoms with E-state index in [9.17, 15) is 0 Å². The Morgan fingerprint density at radius 1 is 1.50 bits per heavy atom. The van der Waals surface area contributed by atoms with E-state index in [2.05, 4.69) is 5.32 Å². The van der Waals surface area contributed by atoms with Crippen LogP contribution in [0, 0.1) is 0 Å². The van der Waals surface area contributed by atoms with Gasteiger partial charge in [-0.3, -0.25) is 0 Å². The molecule has 0 spiro atoms. The summed E-state index contributed by atoms with van der Waals surface area (Å²) >= 11 is 5.78. The fraction of sp³-hybridized carbons (Fsp3) is 0.333. The lowest BCUT2D eigenvalue weighted by Gasteiger charge is -2.29. The van der Waals surface area contributed by atoms with Crippen LogP contribution in [0.4, 0.5) is 5.69 Å². The number of nitrogens with one attached hydrogen (secondary N) is 1. The molecule has 0 aromatic heterocycles. The van der Waals surface area contributed by atoms with E-state index in [0.29, 0.717) is 11.1 Å². The zero-order chi connectivity index (χ0) is 8.55. The van der Waals surface area contributed by atoms with Gasteiger partial charge in [0.1, 0.15) is 0 Å². The Kier molecular flexibility index (Phi) is 1.95. The second kappa shape index (κ2) is 2.96. The summed E-state index contributed by atoms with van der Waals surface area (Å²) in [4.78, 5) is 0. The fourth-order valence-corrected chi connectivity index (χ4v) is 1.60. The van der Waals surface area contributed by atoms with Gasteiger partial charge in [0.15, 0.2) is 0 Å². The average molecular weight is 183 g/mol. The molecular weight excluding hydrogens is 172 g/mol. The van der Waals surface area contributed by atoms with E-state index in [1.165, 1.54) is 12.0 Å². The van der Waals surface area contributed by atoms with E-state index in [1.807, 2.05) is 12.1 Å². The van der Waals surface area contributed by atoms with E-state index in [4.69, 9.17) is 17.3 Å². The maximum atomic E-state index is 5.81. The van der Waals surface area contributed by atoms with Crippen LogP contribution in [0.5, 0.6) is 0 Å². The minimum atomic E-state index is 0.447. The second-order valence-electron chi connectivity index (χ2n) is 3.07. The van der Waals surface area contributed by atoms with Gasteiger partial charge >= 0.3 is 0 Å². The summed E-state index contributed by atoms with van der Waals surface area (Å²) in [6.45, 7) is 1.09. The molecule has 1 heterocycles. The molecule has 1 fully saturated rings. The summed E-state index contributed by atoms with van der Waals surface area (Å²) in [5.41, 5.74) is 7.77. The van der Waals surface area contributed by atoms with Crippen molar-refractivity contribution in [3.8, 4) is 0 Å². The molecule has 1 aliphatic rings. The van der Waals surface area contributed by atoms with Crippen molar-refractivity contribution in [1.82, 2.24) is 5.32 Å². The van der Waals surface area contributed by atoms with Crippen LogP contribution in [0.25, 0.3) is 0 Å². The molecule has 0 amide bonds. The van der Waals surface area contributed by atoms with Crippen molar-refractivity contribution >= 4 is 17.3 Å². The first-order chi connectivity index (χ1) is 5.77. The quantitative estimate of drug-likeness (QED) is 0.652. The number of anilines is 1. The van der Waals surface area contributed by atoms with E-state index < -0.39 is 0 Å². The van der Waals surface area contributed by atoms with E-state index >= 15 is 0 Å². The van der Waals surface area contributed by atoms with Crippen molar-refractivity contribution < 1.29 is 0 Å². The first-order valence-electron chi connectivity index (χ1n) is 4.05. The third kappa shape index (κ3) is 1.28. The molecular formula is C9H11ClN2. The highest BCUT2D eigenvalue weighted by Gasteiger charge is 2.20. The molecule has 3 heteroatoms. The maximum Gasteiger partial charge on any atom is 0.0426 e. The van der Waals surface area contributed by atoms with Crippen LogP contribution in [0.2, 0.25) is 5.02 Å². The standard InChI is InChI=1S/C9H11ClN2/c10-6-1-2-7(8(11)5-6)9-3-4-12-9/h1-2,5,9,12H,3-4,11H2/t9-/m0/s1. The van der Waals surface area contributed by atoms with Gasteiger partial charge < -0.3 is 11.1 Å². The normalized spacial score (nSPS) is 21.9. The molecule has 1 aromatic rings. The van der Waals surface area contributed by atoms with E-state index in [1.54, 1.807) is 6.07 Å². The minimum Gasteiger partial charge on any atom is -0.398 e. The average Bonchev–Trinajstić information content (AvgIpc) is 1.91. The third-order valence-electron chi connectivity index (χ3n) is 2.25. The summed E-state index contributed by atoms with van der Waals surface area (Å²) in [5.74, 6) is 0. The van der Waals surface area contributed by atoms with Crippen LogP contribution in [-0.4, -0.2) is 6.54 Å². The Bertz CT molecular complexity index is 295. The van der Waals surface area contributed by atoms with Crippen molar-refractivity contribution in [2.75, 3.05) is 12.3 Å². The van der Waals surface area contributed by atoms with Gasteiger partial charge in [0.25, 0.3) is 0 Å². The van der Waals surface area contributed by atoms with Crippen LogP contribution >= 0.6 is 11.6 Å². The molecule has 1 aromatic carbocycles. The van der Waals surface area contributed by atoms with Crippen LogP contribution in [0.15, 0.2) is 18.2 Å². The van der Waals surface area contributed by atoms with Gasteiger partial charge in [0.05, 0.1) is 0 Å². The number of hydrogen-bond acceptors (Lipinski definition) is 2. The first-order valence-corrected chi connectivity index (χ1v) is 4.43. The smallest absolute Gasteiger partial charge is 0.0426 e. The molecule has 12 heavy (non-hydrogen) atoms. The highest BCUT2D eigenvalue weighted by Crippen LogP contribution is 2.29. The van der Waals surface area contributed by atoms with Gasteiger partial charge in [-0.05, 0) is 30.7 Å². The minimum absolute atomic E-state index is 0.447. The molecule has 2 nitrogen and oxygen atoms in total.